The molecule has 0 radical (unpaired) electrons. The number of hydrogen-bond acceptors (Lipinski definition) is 6. The molecule has 1 amide bonds. The topological polar surface area (TPSA) is 96.9 Å². The summed E-state index contributed by atoms with van der Waals surface area (Å²) < 4.78 is 37.8. The van der Waals surface area contributed by atoms with Gasteiger partial charge in [0.25, 0.3) is 5.91 Å². The number of benzene rings is 1. The van der Waals surface area contributed by atoms with Gasteiger partial charge >= 0.3 is 0 Å². The second kappa shape index (κ2) is 8.08. The zero-order chi connectivity index (χ0) is 21.3. The molecule has 9 heteroatoms. The van der Waals surface area contributed by atoms with Crippen LogP contribution in [0.2, 0.25) is 0 Å². The van der Waals surface area contributed by atoms with Gasteiger partial charge in [0.05, 0.1) is 10.6 Å². The summed E-state index contributed by atoms with van der Waals surface area (Å²) in [6.45, 7) is 4.82. The second-order valence-electron chi connectivity index (χ2n) is 7.25. The number of carbonyl (C=O) groups excluding carboxylic acids is 1. The number of aryl methyl sites for hydroxylation is 2. The fourth-order valence-corrected chi connectivity index (χ4v) is 4.99. The van der Waals surface area contributed by atoms with Crippen LogP contribution in [0.25, 0.3) is 0 Å². The highest BCUT2D eigenvalue weighted by Gasteiger charge is 2.31. The number of rotatable bonds is 5. The fraction of sp³-hybridized carbons (Fsp3) is 0.333. The van der Waals surface area contributed by atoms with Gasteiger partial charge < -0.3 is 13.8 Å². The fourth-order valence-electron chi connectivity index (χ4n) is 3.55. The lowest BCUT2D eigenvalue weighted by molar-refractivity contribution is 0.0664. The number of sulfonamides is 1. The Balaban J connectivity index is 1.40. The molecule has 3 heterocycles. The quantitative estimate of drug-likeness (QED) is 0.619. The summed E-state index contributed by atoms with van der Waals surface area (Å²) in [7, 11) is -3.55. The van der Waals surface area contributed by atoms with Gasteiger partial charge in [-0.1, -0.05) is 23.4 Å². The van der Waals surface area contributed by atoms with Gasteiger partial charge in [-0.25, -0.2) is 8.42 Å². The molecule has 0 atom stereocenters. The van der Waals surface area contributed by atoms with Gasteiger partial charge in [0.1, 0.15) is 11.5 Å². The second-order valence-corrected chi connectivity index (χ2v) is 9.19. The zero-order valence-electron chi connectivity index (χ0n) is 16.9. The van der Waals surface area contributed by atoms with Crippen molar-refractivity contribution in [3.8, 4) is 0 Å². The predicted molar refractivity (Wildman–Crippen MR) is 109 cm³/mol. The van der Waals surface area contributed by atoms with Gasteiger partial charge in [0.2, 0.25) is 10.0 Å². The van der Waals surface area contributed by atoms with E-state index < -0.39 is 10.0 Å². The van der Waals surface area contributed by atoms with E-state index in [0.717, 1.165) is 17.0 Å². The summed E-state index contributed by atoms with van der Waals surface area (Å²) in [6.07, 6.45) is 0.498. The minimum absolute atomic E-state index is 0.239. The van der Waals surface area contributed by atoms with Gasteiger partial charge in [-0.05, 0) is 38.1 Å². The van der Waals surface area contributed by atoms with Crippen LogP contribution in [0.1, 0.15) is 33.3 Å². The predicted octanol–water partition coefficient (Wildman–Crippen LogP) is 2.62. The molecule has 0 saturated carbocycles. The molecule has 0 bridgehead atoms. The highest BCUT2D eigenvalue weighted by Crippen LogP contribution is 2.21. The molecular formula is C21H23N3O5S. The number of aromatic nitrogens is 1. The maximum absolute atomic E-state index is 12.8. The van der Waals surface area contributed by atoms with Crippen LogP contribution in [0.4, 0.5) is 0 Å². The van der Waals surface area contributed by atoms with Crippen molar-refractivity contribution in [2.45, 2.75) is 25.2 Å². The minimum Gasteiger partial charge on any atom is -0.456 e. The van der Waals surface area contributed by atoms with E-state index in [9.17, 15) is 13.2 Å². The number of furan rings is 1. The molecule has 4 rings (SSSR count). The lowest BCUT2D eigenvalue weighted by Crippen LogP contribution is -2.50. The smallest absolute Gasteiger partial charge is 0.289 e. The third kappa shape index (κ3) is 3.90. The number of carbonyl (C=O) groups is 1. The van der Waals surface area contributed by atoms with Gasteiger partial charge in [-0.3, -0.25) is 4.79 Å². The molecule has 1 fully saturated rings. The first-order valence-corrected chi connectivity index (χ1v) is 11.1. The van der Waals surface area contributed by atoms with Gasteiger partial charge in [0, 0.05) is 38.2 Å². The van der Waals surface area contributed by atoms with Crippen LogP contribution in [0.5, 0.6) is 0 Å². The molecule has 1 saturated heterocycles. The van der Waals surface area contributed by atoms with Crippen LogP contribution in [0.15, 0.2) is 56.3 Å². The van der Waals surface area contributed by atoms with Crippen molar-refractivity contribution in [3.05, 3.63) is 71.0 Å². The first-order chi connectivity index (χ1) is 14.4. The monoisotopic (exact) mass is 429 g/mol. The highest BCUT2D eigenvalue weighted by molar-refractivity contribution is 7.89. The molecule has 158 valence electrons. The normalized spacial score (nSPS) is 15.5. The molecule has 0 N–H and O–H groups in total. The maximum Gasteiger partial charge on any atom is 0.289 e. The summed E-state index contributed by atoms with van der Waals surface area (Å²) in [4.78, 5) is 14.7. The number of nitrogens with zero attached hydrogens (tertiary/aromatic N) is 3. The summed E-state index contributed by atoms with van der Waals surface area (Å²) >= 11 is 0. The third-order valence-electron chi connectivity index (χ3n) is 5.31. The van der Waals surface area contributed by atoms with Crippen molar-refractivity contribution in [2.24, 2.45) is 0 Å². The van der Waals surface area contributed by atoms with Gasteiger partial charge in [-0.15, -0.1) is 0 Å². The van der Waals surface area contributed by atoms with Crippen molar-refractivity contribution in [1.29, 1.82) is 0 Å². The van der Waals surface area contributed by atoms with Crippen LogP contribution >= 0.6 is 0 Å². The average Bonchev–Trinajstić information content (AvgIpc) is 3.36. The molecule has 3 aromatic rings. The maximum atomic E-state index is 12.8. The number of hydrogen-bond donors (Lipinski definition) is 0. The van der Waals surface area contributed by atoms with E-state index in [2.05, 4.69) is 5.16 Å². The van der Waals surface area contributed by atoms with Gasteiger partial charge in [-0.2, -0.15) is 4.31 Å². The molecule has 1 aliphatic rings. The Morgan fingerprint density at radius 2 is 1.73 bits per heavy atom. The van der Waals surface area contributed by atoms with E-state index in [1.807, 2.05) is 13.8 Å². The number of piperazine rings is 1. The highest BCUT2D eigenvalue weighted by atomic mass is 32.2. The summed E-state index contributed by atoms with van der Waals surface area (Å²) in [6, 6.07) is 11.8. The zero-order valence-corrected chi connectivity index (χ0v) is 17.7. The minimum atomic E-state index is -3.55. The van der Waals surface area contributed by atoms with E-state index in [1.165, 1.54) is 4.31 Å². The first kappa shape index (κ1) is 20.4. The largest absolute Gasteiger partial charge is 0.456 e. The standard InChI is InChI=1S/C21H23N3O5S/c1-15-19(16(2)29-22-15)14-17-8-9-20(28-17)21(25)23-10-12-24(13-11-23)30(26,27)18-6-4-3-5-7-18/h3-9H,10-14H2,1-2H3. The van der Waals surface area contributed by atoms with Crippen molar-refractivity contribution >= 4 is 15.9 Å². The van der Waals surface area contributed by atoms with Crippen molar-refractivity contribution in [3.63, 3.8) is 0 Å². The molecule has 0 unspecified atom stereocenters. The van der Waals surface area contributed by atoms with Crippen molar-refractivity contribution in [1.82, 2.24) is 14.4 Å². The molecule has 1 aliphatic heterocycles. The Kier molecular flexibility index (Phi) is 5.48. The van der Waals surface area contributed by atoms with E-state index in [4.69, 9.17) is 8.94 Å². The Morgan fingerprint density at radius 3 is 2.37 bits per heavy atom. The first-order valence-electron chi connectivity index (χ1n) is 9.71. The lowest BCUT2D eigenvalue weighted by atomic mass is 10.1. The molecule has 0 spiro atoms. The Morgan fingerprint density at radius 1 is 1.03 bits per heavy atom. The molecule has 1 aromatic carbocycles. The lowest BCUT2D eigenvalue weighted by Gasteiger charge is -2.33. The molecule has 2 aromatic heterocycles. The van der Waals surface area contributed by atoms with E-state index >= 15 is 0 Å². The summed E-state index contributed by atoms with van der Waals surface area (Å²) in [5.74, 6) is 1.39. The summed E-state index contributed by atoms with van der Waals surface area (Å²) in [5, 5.41) is 3.93. The molecular weight excluding hydrogens is 406 g/mol. The van der Waals surface area contributed by atoms with Crippen molar-refractivity contribution in [2.75, 3.05) is 26.2 Å². The average molecular weight is 429 g/mol. The number of amides is 1. The molecule has 30 heavy (non-hydrogen) atoms. The van der Waals surface area contributed by atoms with E-state index in [1.54, 1.807) is 47.4 Å². The molecule has 0 aliphatic carbocycles. The van der Waals surface area contributed by atoms with Gasteiger partial charge in [0.15, 0.2) is 5.76 Å². The van der Waals surface area contributed by atoms with Crippen LogP contribution in [0.3, 0.4) is 0 Å². The van der Waals surface area contributed by atoms with Crippen LogP contribution in [-0.4, -0.2) is 54.9 Å². The Bertz CT molecular complexity index is 1120. The van der Waals surface area contributed by atoms with Crippen molar-refractivity contribution < 1.29 is 22.2 Å². The molecule has 8 nitrogen and oxygen atoms in total. The van der Waals surface area contributed by atoms with E-state index in [-0.39, 0.29) is 29.7 Å². The summed E-state index contributed by atoms with van der Waals surface area (Å²) in [5.41, 5.74) is 1.75. The van der Waals surface area contributed by atoms with Crippen LogP contribution in [-0.2, 0) is 16.4 Å². The Hall–Kier alpha value is -2.91. The van der Waals surface area contributed by atoms with Crippen LogP contribution in [0, 0.1) is 13.8 Å². The SMILES string of the molecule is Cc1noc(C)c1Cc1ccc(C(=O)N2CCN(S(=O)(=O)c3ccccc3)CC2)o1. The Labute approximate surface area is 175 Å². The van der Waals surface area contributed by atoms with Crippen LogP contribution < -0.4 is 0 Å². The van der Waals surface area contributed by atoms with E-state index in [0.29, 0.717) is 25.3 Å². The third-order valence-corrected chi connectivity index (χ3v) is 7.22.